The van der Waals surface area contributed by atoms with Crippen molar-refractivity contribution < 1.29 is 9.53 Å². The summed E-state index contributed by atoms with van der Waals surface area (Å²) >= 11 is 0. The summed E-state index contributed by atoms with van der Waals surface area (Å²) in [4.78, 5) is 11.4. The first-order valence-electron chi connectivity index (χ1n) is 5.31. The first-order chi connectivity index (χ1) is 7.69. The van der Waals surface area contributed by atoms with Gasteiger partial charge in [0.25, 0.3) is 0 Å². The molecule has 3 N–H and O–H groups in total. The van der Waals surface area contributed by atoms with E-state index in [2.05, 4.69) is 5.32 Å². The van der Waals surface area contributed by atoms with Crippen molar-refractivity contribution in [2.45, 2.75) is 19.4 Å². The highest BCUT2D eigenvalue weighted by molar-refractivity contribution is 5.76. The monoisotopic (exact) mass is 222 g/mol. The van der Waals surface area contributed by atoms with Crippen molar-refractivity contribution in [1.82, 2.24) is 5.32 Å². The lowest BCUT2D eigenvalue weighted by molar-refractivity contribution is -0.121. The van der Waals surface area contributed by atoms with E-state index in [1.165, 1.54) is 0 Å². The van der Waals surface area contributed by atoms with Crippen LogP contribution in [0.4, 0.5) is 0 Å². The number of hydrogen-bond donors (Lipinski definition) is 2. The van der Waals surface area contributed by atoms with E-state index in [4.69, 9.17) is 10.5 Å². The van der Waals surface area contributed by atoms with E-state index in [0.717, 1.165) is 11.3 Å². The fourth-order valence-corrected chi connectivity index (χ4v) is 1.55. The lowest BCUT2D eigenvalue weighted by atomic mass is 10.1. The summed E-state index contributed by atoms with van der Waals surface area (Å²) in [7, 11) is 1.62. The summed E-state index contributed by atoms with van der Waals surface area (Å²) in [5.74, 6) is 0.740. The number of rotatable bonds is 5. The SMILES string of the molecule is COc1ccccc1[C@H](C)NC(=O)CCN. The molecule has 4 nitrogen and oxygen atoms in total. The standard InChI is InChI=1S/C12H18N2O2/c1-9(14-12(15)7-8-13)10-5-3-4-6-11(10)16-2/h3-6,9H,7-8,13H2,1-2H3,(H,14,15)/t9-/m0/s1. The van der Waals surface area contributed by atoms with Gasteiger partial charge in [0.2, 0.25) is 5.91 Å². The number of nitrogens with two attached hydrogens (primary N) is 1. The van der Waals surface area contributed by atoms with Gasteiger partial charge in [-0.2, -0.15) is 0 Å². The van der Waals surface area contributed by atoms with E-state index in [1.807, 2.05) is 31.2 Å². The van der Waals surface area contributed by atoms with Crippen molar-refractivity contribution in [3.05, 3.63) is 29.8 Å². The second-order valence-electron chi connectivity index (χ2n) is 3.57. The molecule has 0 fully saturated rings. The van der Waals surface area contributed by atoms with E-state index >= 15 is 0 Å². The maximum absolute atomic E-state index is 11.4. The first kappa shape index (κ1) is 12.5. The Hall–Kier alpha value is -1.55. The summed E-state index contributed by atoms with van der Waals surface area (Å²) < 4.78 is 5.23. The van der Waals surface area contributed by atoms with Crippen molar-refractivity contribution >= 4 is 5.91 Å². The van der Waals surface area contributed by atoms with Crippen LogP contribution in [0.1, 0.15) is 24.9 Å². The molecule has 0 aliphatic carbocycles. The second kappa shape index (κ2) is 6.12. The Morgan fingerprint density at radius 2 is 2.19 bits per heavy atom. The fraction of sp³-hybridized carbons (Fsp3) is 0.417. The number of para-hydroxylation sites is 1. The highest BCUT2D eigenvalue weighted by Gasteiger charge is 2.12. The molecule has 1 amide bonds. The minimum atomic E-state index is -0.0739. The van der Waals surface area contributed by atoms with E-state index in [9.17, 15) is 4.79 Å². The molecule has 1 atom stereocenters. The summed E-state index contributed by atoms with van der Waals surface area (Å²) in [6.45, 7) is 2.29. The molecule has 0 aliphatic heterocycles. The Bertz CT molecular complexity index is 353. The summed E-state index contributed by atoms with van der Waals surface area (Å²) in [6, 6.07) is 7.56. The van der Waals surface area contributed by atoms with Crippen LogP contribution in [-0.4, -0.2) is 19.6 Å². The number of methoxy groups -OCH3 is 1. The molecule has 88 valence electrons. The Kier molecular flexibility index (Phi) is 4.79. The van der Waals surface area contributed by atoms with Gasteiger partial charge in [-0.25, -0.2) is 0 Å². The fourth-order valence-electron chi connectivity index (χ4n) is 1.55. The third kappa shape index (κ3) is 3.24. The molecule has 0 unspecified atom stereocenters. The first-order valence-corrected chi connectivity index (χ1v) is 5.31. The van der Waals surface area contributed by atoms with Gasteiger partial charge >= 0.3 is 0 Å². The second-order valence-corrected chi connectivity index (χ2v) is 3.57. The van der Waals surface area contributed by atoms with Crippen LogP contribution in [-0.2, 0) is 4.79 Å². The van der Waals surface area contributed by atoms with Crippen LogP contribution in [0.25, 0.3) is 0 Å². The lowest BCUT2D eigenvalue weighted by Gasteiger charge is -2.16. The molecule has 0 saturated heterocycles. The van der Waals surface area contributed by atoms with Crippen LogP contribution in [0.5, 0.6) is 5.75 Å². The zero-order valence-corrected chi connectivity index (χ0v) is 9.69. The van der Waals surface area contributed by atoms with Gasteiger partial charge in [0.1, 0.15) is 5.75 Å². The van der Waals surface area contributed by atoms with Gasteiger partial charge in [-0.1, -0.05) is 18.2 Å². The zero-order chi connectivity index (χ0) is 12.0. The zero-order valence-electron chi connectivity index (χ0n) is 9.69. The van der Waals surface area contributed by atoms with Crippen LogP contribution in [0.3, 0.4) is 0 Å². The number of hydrogen-bond acceptors (Lipinski definition) is 3. The molecular formula is C12H18N2O2. The molecule has 1 aromatic carbocycles. The van der Waals surface area contributed by atoms with Crippen LogP contribution in [0.2, 0.25) is 0 Å². The number of carbonyl (C=O) groups excluding carboxylic acids is 1. The predicted molar refractivity (Wildman–Crippen MR) is 63.2 cm³/mol. The van der Waals surface area contributed by atoms with Gasteiger partial charge in [-0.05, 0) is 13.0 Å². The number of benzene rings is 1. The summed E-state index contributed by atoms with van der Waals surface area (Å²) in [5.41, 5.74) is 6.28. The molecule has 0 aromatic heterocycles. The normalized spacial score (nSPS) is 11.9. The van der Waals surface area contributed by atoms with Crippen LogP contribution in [0, 0.1) is 0 Å². The molecule has 1 rings (SSSR count). The van der Waals surface area contributed by atoms with Gasteiger partial charge in [-0.15, -0.1) is 0 Å². The molecule has 0 spiro atoms. The Morgan fingerprint density at radius 1 is 1.50 bits per heavy atom. The Morgan fingerprint density at radius 3 is 2.81 bits per heavy atom. The summed E-state index contributed by atoms with van der Waals surface area (Å²) in [5, 5.41) is 2.87. The molecule has 0 aliphatic rings. The number of ether oxygens (including phenoxy) is 1. The third-order valence-electron chi connectivity index (χ3n) is 2.35. The molecule has 0 heterocycles. The minimum Gasteiger partial charge on any atom is -0.496 e. The average Bonchev–Trinajstić information content (AvgIpc) is 2.29. The Balaban J connectivity index is 2.72. The van der Waals surface area contributed by atoms with Crippen LogP contribution < -0.4 is 15.8 Å². The van der Waals surface area contributed by atoms with E-state index in [0.29, 0.717) is 13.0 Å². The molecular weight excluding hydrogens is 204 g/mol. The number of carbonyl (C=O) groups is 1. The predicted octanol–water partition coefficient (Wildman–Crippen LogP) is 1.22. The van der Waals surface area contributed by atoms with Gasteiger partial charge in [0.15, 0.2) is 0 Å². The topological polar surface area (TPSA) is 64.3 Å². The smallest absolute Gasteiger partial charge is 0.221 e. The highest BCUT2D eigenvalue weighted by atomic mass is 16.5. The molecule has 1 aromatic rings. The van der Waals surface area contributed by atoms with Crippen molar-refractivity contribution in [3.8, 4) is 5.75 Å². The van der Waals surface area contributed by atoms with Gasteiger partial charge < -0.3 is 15.8 Å². The van der Waals surface area contributed by atoms with Crippen molar-refractivity contribution in [1.29, 1.82) is 0 Å². The average molecular weight is 222 g/mol. The lowest BCUT2D eigenvalue weighted by Crippen LogP contribution is -2.28. The van der Waals surface area contributed by atoms with E-state index in [-0.39, 0.29) is 11.9 Å². The molecule has 0 bridgehead atoms. The van der Waals surface area contributed by atoms with Gasteiger partial charge in [-0.3, -0.25) is 4.79 Å². The van der Waals surface area contributed by atoms with E-state index in [1.54, 1.807) is 7.11 Å². The number of amides is 1. The highest BCUT2D eigenvalue weighted by Crippen LogP contribution is 2.24. The van der Waals surface area contributed by atoms with Crippen LogP contribution in [0.15, 0.2) is 24.3 Å². The maximum atomic E-state index is 11.4. The Labute approximate surface area is 95.8 Å². The quantitative estimate of drug-likeness (QED) is 0.787. The molecule has 4 heteroatoms. The van der Waals surface area contributed by atoms with Crippen molar-refractivity contribution in [3.63, 3.8) is 0 Å². The minimum absolute atomic E-state index is 0.0408. The van der Waals surface area contributed by atoms with Crippen LogP contribution >= 0.6 is 0 Å². The largest absolute Gasteiger partial charge is 0.496 e. The van der Waals surface area contributed by atoms with E-state index < -0.39 is 0 Å². The van der Waals surface area contributed by atoms with Gasteiger partial charge in [0.05, 0.1) is 13.2 Å². The maximum Gasteiger partial charge on any atom is 0.221 e. The molecule has 0 saturated carbocycles. The van der Waals surface area contributed by atoms with Crippen molar-refractivity contribution in [2.75, 3.05) is 13.7 Å². The molecule has 0 radical (unpaired) electrons. The molecule has 16 heavy (non-hydrogen) atoms. The van der Waals surface area contributed by atoms with Gasteiger partial charge in [0, 0.05) is 18.5 Å². The number of nitrogens with one attached hydrogen (secondary N) is 1. The van der Waals surface area contributed by atoms with Crippen molar-refractivity contribution in [2.24, 2.45) is 5.73 Å². The third-order valence-corrected chi connectivity index (χ3v) is 2.35. The summed E-state index contributed by atoms with van der Waals surface area (Å²) in [6.07, 6.45) is 0.347.